The zero-order chi connectivity index (χ0) is 25.2. The topological polar surface area (TPSA) is 32.3 Å². The van der Waals surface area contributed by atoms with Gasteiger partial charge >= 0.3 is 0 Å². The van der Waals surface area contributed by atoms with E-state index in [9.17, 15) is 13.6 Å². The highest BCUT2D eigenvalue weighted by molar-refractivity contribution is 6.07. The van der Waals surface area contributed by atoms with E-state index in [4.69, 9.17) is 0 Å². The molecule has 1 aliphatic heterocycles. The molecule has 1 heterocycles. The number of nitrogens with zero attached hydrogens (tertiary/aromatic N) is 1. The van der Waals surface area contributed by atoms with Gasteiger partial charge in [-0.15, -0.1) is 0 Å². The number of benzene rings is 2. The van der Waals surface area contributed by atoms with Crippen LogP contribution in [0.15, 0.2) is 36.4 Å². The maximum absolute atomic E-state index is 14.0. The van der Waals surface area contributed by atoms with Crippen LogP contribution in [0.3, 0.4) is 0 Å². The maximum atomic E-state index is 14.0. The molecular weight excluding hydrogens is 418 g/mol. The lowest BCUT2D eigenvalue weighted by atomic mass is 9.84. The van der Waals surface area contributed by atoms with Gasteiger partial charge in [-0.25, -0.2) is 8.78 Å². The molecule has 0 fully saturated rings. The average Bonchev–Trinajstić information content (AvgIpc) is 3.17. The lowest BCUT2D eigenvalue weighted by molar-refractivity contribution is 0.0980. The summed E-state index contributed by atoms with van der Waals surface area (Å²) in [6, 6.07) is 9.54. The molecule has 3 nitrogen and oxygen atoms in total. The van der Waals surface area contributed by atoms with Gasteiger partial charge < -0.3 is 10.2 Å². The smallest absolute Gasteiger partial charge is 0.264 e. The molecule has 33 heavy (non-hydrogen) atoms. The third-order valence-corrected chi connectivity index (χ3v) is 5.62. The van der Waals surface area contributed by atoms with Crippen molar-refractivity contribution in [1.82, 2.24) is 5.32 Å². The Morgan fingerprint density at radius 3 is 2.12 bits per heavy atom. The molecule has 5 heteroatoms. The lowest BCUT2D eigenvalue weighted by Crippen LogP contribution is -2.31. The van der Waals surface area contributed by atoms with E-state index in [2.05, 4.69) is 52.9 Å². The summed E-state index contributed by atoms with van der Waals surface area (Å²) >= 11 is 0. The molecule has 1 amide bonds. The molecule has 2 aromatic carbocycles. The highest BCUT2D eigenvalue weighted by Crippen LogP contribution is 2.41. The maximum Gasteiger partial charge on any atom is 0.264 e. The van der Waals surface area contributed by atoms with Crippen molar-refractivity contribution in [2.45, 2.75) is 79.6 Å². The summed E-state index contributed by atoms with van der Waals surface area (Å²) in [7, 11) is 0. The van der Waals surface area contributed by atoms with E-state index in [0.29, 0.717) is 6.54 Å². The minimum absolute atomic E-state index is 0.00238. The Morgan fingerprint density at radius 1 is 1.06 bits per heavy atom. The Bertz CT molecular complexity index is 866. The van der Waals surface area contributed by atoms with Gasteiger partial charge in [-0.1, -0.05) is 73.6 Å². The van der Waals surface area contributed by atoms with E-state index in [0.717, 1.165) is 42.9 Å². The van der Waals surface area contributed by atoms with Gasteiger partial charge in [0.05, 0.1) is 0 Å². The molecule has 0 bridgehead atoms. The van der Waals surface area contributed by atoms with Crippen LogP contribution < -0.4 is 10.2 Å². The highest BCUT2D eigenvalue weighted by Gasteiger charge is 2.34. The molecule has 3 rings (SSSR count). The van der Waals surface area contributed by atoms with Gasteiger partial charge in [0, 0.05) is 18.2 Å². The van der Waals surface area contributed by atoms with Crippen molar-refractivity contribution in [2.24, 2.45) is 0 Å². The van der Waals surface area contributed by atoms with Crippen LogP contribution in [-0.4, -0.2) is 25.5 Å². The second-order valence-electron chi connectivity index (χ2n) is 8.99. The largest absolute Gasteiger partial charge is 0.317 e. The molecule has 0 spiro atoms. The summed E-state index contributed by atoms with van der Waals surface area (Å²) in [4.78, 5) is 14.4. The van der Waals surface area contributed by atoms with Crippen LogP contribution in [0.4, 0.5) is 14.5 Å². The Kier molecular flexibility index (Phi) is 11.7. The standard InChI is InChI=1S/C21H23F2NO.C5H13N.C2H6/c1-5-13-12-24(20(25)19-16(22)7-6-8-17(19)23)18-10-9-14(11-15(13)18)21(2,3)4;1-3-5-6-4-2;1-2/h6-11,13H,5,12H2,1-4H3;6H,3-5H2,1-2H3;1-2H3. The molecule has 0 aromatic heterocycles. The molecule has 184 valence electrons. The van der Waals surface area contributed by atoms with Gasteiger partial charge in [-0.3, -0.25) is 4.79 Å². The van der Waals surface area contributed by atoms with Crippen molar-refractivity contribution in [3.63, 3.8) is 0 Å². The molecule has 1 atom stereocenters. The summed E-state index contributed by atoms with van der Waals surface area (Å²) in [6.45, 7) is 19.5. The van der Waals surface area contributed by atoms with Crippen molar-refractivity contribution in [2.75, 3.05) is 24.5 Å². The number of carbonyl (C=O) groups is 1. The van der Waals surface area contributed by atoms with E-state index in [1.165, 1.54) is 23.0 Å². The number of nitrogens with one attached hydrogen (secondary N) is 1. The Hall–Kier alpha value is -2.27. The van der Waals surface area contributed by atoms with E-state index in [1.807, 2.05) is 26.0 Å². The second kappa shape index (κ2) is 13.4. The van der Waals surface area contributed by atoms with Crippen LogP contribution in [0.25, 0.3) is 0 Å². The lowest BCUT2D eigenvalue weighted by Gasteiger charge is -2.22. The van der Waals surface area contributed by atoms with Crippen molar-refractivity contribution in [3.8, 4) is 0 Å². The summed E-state index contributed by atoms with van der Waals surface area (Å²) in [5.41, 5.74) is 2.55. The van der Waals surface area contributed by atoms with Crippen molar-refractivity contribution in [1.29, 1.82) is 0 Å². The van der Waals surface area contributed by atoms with Crippen molar-refractivity contribution in [3.05, 3.63) is 64.7 Å². The van der Waals surface area contributed by atoms with Crippen LogP contribution in [0.1, 0.15) is 95.6 Å². The van der Waals surface area contributed by atoms with Gasteiger partial charge in [0.25, 0.3) is 5.91 Å². The predicted molar refractivity (Wildman–Crippen MR) is 136 cm³/mol. The molecular formula is C28H42F2N2O. The zero-order valence-corrected chi connectivity index (χ0v) is 21.7. The zero-order valence-electron chi connectivity index (χ0n) is 21.7. The van der Waals surface area contributed by atoms with Gasteiger partial charge in [-0.2, -0.15) is 0 Å². The Balaban J connectivity index is 0.000000593. The van der Waals surface area contributed by atoms with Gasteiger partial charge in [0.1, 0.15) is 17.2 Å². The fraction of sp³-hybridized carbons (Fsp3) is 0.536. The fourth-order valence-corrected chi connectivity index (χ4v) is 3.74. The van der Waals surface area contributed by atoms with Gasteiger partial charge in [0.15, 0.2) is 0 Å². The van der Waals surface area contributed by atoms with Crippen LogP contribution in [-0.2, 0) is 5.41 Å². The number of hydrogen-bond acceptors (Lipinski definition) is 2. The molecule has 1 unspecified atom stereocenters. The van der Waals surface area contributed by atoms with E-state index in [1.54, 1.807) is 0 Å². The SMILES string of the molecule is CC.CCC1CN(C(=O)c2c(F)cccc2F)c2ccc(C(C)(C)C)cc21.CCCNCC. The van der Waals surface area contributed by atoms with Gasteiger partial charge in [0.2, 0.25) is 0 Å². The van der Waals surface area contributed by atoms with E-state index in [-0.39, 0.29) is 11.3 Å². The normalized spacial score (nSPS) is 14.6. The molecule has 0 radical (unpaired) electrons. The van der Waals surface area contributed by atoms with Gasteiger partial charge in [-0.05, 0) is 60.7 Å². The number of rotatable bonds is 5. The average molecular weight is 461 g/mol. The van der Waals surface area contributed by atoms with E-state index >= 15 is 0 Å². The Morgan fingerprint density at radius 2 is 1.67 bits per heavy atom. The third-order valence-electron chi connectivity index (χ3n) is 5.62. The van der Waals surface area contributed by atoms with Crippen LogP contribution in [0.5, 0.6) is 0 Å². The minimum Gasteiger partial charge on any atom is -0.317 e. The van der Waals surface area contributed by atoms with Crippen LogP contribution in [0, 0.1) is 11.6 Å². The van der Waals surface area contributed by atoms with Crippen molar-refractivity contribution < 1.29 is 13.6 Å². The number of fused-ring (bicyclic) bond motifs is 1. The molecule has 1 aliphatic rings. The quantitative estimate of drug-likeness (QED) is 0.470. The number of carbonyl (C=O) groups excluding carboxylic acids is 1. The monoisotopic (exact) mass is 460 g/mol. The molecule has 2 aromatic rings. The minimum atomic E-state index is -0.821. The summed E-state index contributed by atoms with van der Waals surface area (Å²) in [6.07, 6.45) is 2.11. The fourth-order valence-electron chi connectivity index (χ4n) is 3.74. The number of amides is 1. The number of hydrogen-bond donors (Lipinski definition) is 1. The first kappa shape index (κ1) is 28.8. The Labute approximate surface area is 199 Å². The van der Waals surface area contributed by atoms with Crippen molar-refractivity contribution >= 4 is 11.6 Å². The van der Waals surface area contributed by atoms with Crippen LogP contribution in [0.2, 0.25) is 0 Å². The van der Waals surface area contributed by atoms with E-state index < -0.39 is 23.1 Å². The third kappa shape index (κ3) is 7.36. The molecule has 1 N–H and O–H groups in total. The highest BCUT2D eigenvalue weighted by atomic mass is 19.1. The second-order valence-corrected chi connectivity index (χ2v) is 8.99. The summed E-state index contributed by atoms with van der Waals surface area (Å²) in [5.74, 6) is -2.08. The summed E-state index contributed by atoms with van der Waals surface area (Å²) in [5, 5.41) is 3.20. The number of halogens is 2. The first-order valence-electron chi connectivity index (χ1n) is 12.3. The summed E-state index contributed by atoms with van der Waals surface area (Å²) < 4.78 is 28.1. The molecule has 0 aliphatic carbocycles. The predicted octanol–water partition coefficient (Wildman–Crippen LogP) is 7.45. The number of anilines is 1. The molecule has 0 saturated carbocycles. The first-order valence-corrected chi connectivity index (χ1v) is 12.3. The molecule has 0 saturated heterocycles. The van der Waals surface area contributed by atoms with Crippen LogP contribution >= 0.6 is 0 Å². The first-order chi connectivity index (χ1) is 15.6.